The molecule has 0 aromatic carbocycles. The first kappa shape index (κ1) is 13.2. The van der Waals surface area contributed by atoms with Gasteiger partial charge in [-0.3, -0.25) is 4.79 Å². The highest BCUT2D eigenvalue weighted by Gasteiger charge is 2.17. The number of hydrogen-bond donors (Lipinski definition) is 1. The third-order valence-electron chi connectivity index (χ3n) is 1.76. The minimum absolute atomic E-state index is 0.187. The van der Waals surface area contributed by atoms with E-state index < -0.39 is 5.97 Å². The van der Waals surface area contributed by atoms with Crippen molar-refractivity contribution in [2.75, 3.05) is 11.9 Å². The second-order valence-corrected chi connectivity index (χ2v) is 5.28. The van der Waals surface area contributed by atoms with Crippen molar-refractivity contribution in [3.63, 3.8) is 0 Å². The van der Waals surface area contributed by atoms with Crippen LogP contribution in [-0.2, 0) is 9.53 Å². The van der Waals surface area contributed by atoms with E-state index in [9.17, 15) is 9.59 Å². The number of amides is 1. The molecule has 0 fully saturated rings. The topological polar surface area (TPSA) is 55.4 Å². The molecule has 0 radical (unpaired) electrons. The number of anilines is 1. The van der Waals surface area contributed by atoms with E-state index in [1.807, 2.05) is 0 Å². The summed E-state index contributed by atoms with van der Waals surface area (Å²) in [5, 5.41) is 4.92. The van der Waals surface area contributed by atoms with Gasteiger partial charge in [0.1, 0.15) is 5.00 Å². The number of carbonyl (C=O) groups is 2. The summed E-state index contributed by atoms with van der Waals surface area (Å²) in [4.78, 5) is 22.6. The maximum Gasteiger partial charge on any atom is 0.341 e. The van der Waals surface area contributed by atoms with Gasteiger partial charge in [0.25, 0.3) is 0 Å². The highest BCUT2D eigenvalue weighted by atomic mass is 79.9. The summed E-state index contributed by atoms with van der Waals surface area (Å²) >= 11 is 4.45. The first-order valence-electron chi connectivity index (χ1n) is 4.75. The monoisotopic (exact) mass is 305 g/mol. The van der Waals surface area contributed by atoms with Gasteiger partial charge in [-0.2, -0.15) is 0 Å². The van der Waals surface area contributed by atoms with Crippen molar-refractivity contribution in [3.05, 3.63) is 17.0 Å². The molecule has 16 heavy (non-hydrogen) atoms. The highest BCUT2D eigenvalue weighted by Crippen LogP contribution is 2.24. The van der Waals surface area contributed by atoms with E-state index >= 15 is 0 Å². The number of alkyl halides is 1. The molecule has 1 amide bonds. The first-order chi connectivity index (χ1) is 7.56. The Hall–Kier alpha value is -0.880. The molecule has 1 aromatic heterocycles. The van der Waals surface area contributed by atoms with Crippen LogP contribution in [0.3, 0.4) is 0 Å². The highest BCUT2D eigenvalue weighted by molar-refractivity contribution is 9.10. The van der Waals surface area contributed by atoms with E-state index in [1.54, 1.807) is 25.3 Å². The summed E-state index contributed by atoms with van der Waals surface area (Å²) in [5.74, 6) is -0.603. The number of esters is 1. The predicted octanol–water partition coefficient (Wildman–Crippen LogP) is 2.65. The van der Waals surface area contributed by atoms with Crippen LogP contribution in [0.4, 0.5) is 5.00 Å². The normalized spacial score (nSPS) is 11.9. The lowest BCUT2D eigenvalue weighted by molar-refractivity contribution is -0.115. The fourth-order valence-corrected chi connectivity index (χ4v) is 1.88. The van der Waals surface area contributed by atoms with E-state index in [1.165, 1.54) is 11.3 Å². The molecule has 0 spiro atoms. The van der Waals surface area contributed by atoms with Crippen molar-refractivity contribution >= 4 is 44.1 Å². The number of nitrogens with one attached hydrogen (secondary N) is 1. The van der Waals surface area contributed by atoms with Crippen molar-refractivity contribution < 1.29 is 14.3 Å². The van der Waals surface area contributed by atoms with Crippen molar-refractivity contribution in [2.24, 2.45) is 0 Å². The van der Waals surface area contributed by atoms with Crippen LogP contribution in [0.1, 0.15) is 24.2 Å². The molecule has 0 aliphatic heterocycles. The van der Waals surface area contributed by atoms with Crippen LogP contribution in [0.5, 0.6) is 0 Å². The van der Waals surface area contributed by atoms with Gasteiger partial charge in [0, 0.05) is 0 Å². The number of ether oxygens (including phenoxy) is 1. The standard InChI is InChI=1S/C10H12BrNO3S/c1-3-15-10(14)7-4-5-16-9(7)12-8(13)6(2)11/h4-6H,3H2,1-2H3,(H,12,13). The Labute approximate surface area is 106 Å². The predicted molar refractivity (Wildman–Crippen MR) is 67.3 cm³/mol. The van der Waals surface area contributed by atoms with Gasteiger partial charge in [0.05, 0.1) is 17.0 Å². The molecule has 0 aliphatic carbocycles. The Balaban J connectivity index is 2.78. The van der Waals surface area contributed by atoms with E-state index in [4.69, 9.17) is 4.74 Å². The zero-order chi connectivity index (χ0) is 12.1. The quantitative estimate of drug-likeness (QED) is 0.687. The SMILES string of the molecule is CCOC(=O)c1ccsc1NC(=O)C(C)Br. The van der Waals surface area contributed by atoms with Crippen molar-refractivity contribution in [1.29, 1.82) is 0 Å². The van der Waals surface area contributed by atoms with E-state index in [-0.39, 0.29) is 10.7 Å². The zero-order valence-electron chi connectivity index (χ0n) is 8.95. The fourth-order valence-electron chi connectivity index (χ4n) is 0.987. The summed E-state index contributed by atoms with van der Waals surface area (Å²) in [5.41, 5.74) is 0.397. The summed E-state index contributed by atoms with van der Waals surface area (Å²) in [6.45, 7) is 3.77. The smallest absolute Gasteiger partial charge is 0.341 e. The molecule has 88 valence electrons. The molecule has 1 aromatic rings. The molecule has 1 unspecified atom stereocenters. The second kappa shape index (κ2) is 6.00. The second-order valence-electron chi connectivity index (χ2n) is 2.99. The van der Waals surface area contributed by atoms with Gasteiger partial charge in [0.2, 0.25) is 5.91 Å². The Morgan fingerprint density at radius 1 is 1.62 bits per heavy atom. The van der Waals surface area contributed by atoms with Crippen LogP contribution in [0, 0.1) is 0 Å². The Morgan fingerprint density at radius 2 is 2.31 bits per heavy atom. The lowest BCUT2D eigenvalue weighted by Crippen LogP contribution is -2.20. The van der Waals surface area contributed by atoms with E-state index in [0.29, 0.717) is 17.2 Å². The maximum absolute atomic E-state index is 11.5. The average Bonchev–Trinajstić information content (AvgIpc) is 2.66. The number of hydrogen-bond acceptors (Lipinski definition) is 4. The Kier molecular flexibility index (Phi) is 4.95. The lowest BCUT2D eigenvalue weighted by Gasteiger charge is -2.06. The first-order valence-corrected chi connectivity index (χ1v) is 6.55. The van der Waals surface area contributed by atoms with Crippen LogP contribution in [0.25, 0.3) is 0 Å². The molecule has 1 heterocycles. The van der Waals surface area contributed by atoms with Gasteiger partial charge < -0.3 is 10.1 Å². The molecule has 1 atom stereocenters. The molecule has 1 rings (SSSR count). The van der Waals surface area contributed by atoms with Gasteiger partial charge in [0.15, 0.2) is 0 Å². The van der Waals surface area contributed by atoms with Crippen LogP contribution in [0.2, 0.25) is 0 Å². The molecule has 0 saturated carbocycles. The van der Waals surface area contributed by atoms with E-state index in [0.717, 1.165) is 0 Å². The number of carbonyl (C=O) groups excluding carboxylic acids is 2. The third kappa shape index (κ3) is 3.31. The molecule has 0 aliphatic rings. The van der Waals surface area contributed by atoms with Crippen molar-refractivity contribution in [1.82, 2.24) is 0 Å². The number of rotatable bonds is 4. The average molecular weight is 306 g/mol. The molecule has 0 bridgehead atoms. The fraction of sp³-hybridized carbons (Fsp3) is 0.400. The van der Waals surface area contributed by atoms with Crippen LogP contribution in [-0.4, -0.2) is 23.3 Å². The van der Waals surface area contributed by atoms with Gasteiger partial charge in [-0.15, -0.1) is 11.3 Å². The van der Waals surface area contributed by atoms with Crippen molar-refractivity contribution in [2.45, 2.75) is 18.7 Å². The zero-order valence-corrected chi connectivity index (χ0v) is 11.4. The summed E-state index contributed by atoms with van der Waals surface area (Å²) in [6.07, 6.45) is 0. The largest absolute Gasteiger partial charge is 0.462 e. The summed E-state index contributed by atoms with van der Waals surface area (Å²) in [7, 11) is 0. The van der Waals surface area contributed by atoms with Crippen LogP contribution in [0.15, 0.2) is 11.4 Å². The minimum Gasteiger partial charge on any atom is -0.462 e. The van der Waals surface area contributed by atoms with Gasteiger partial charge in [-0.1, -0.05) is 15.9 Å². The Bertz CT molecular complexity index is 389. The Morgan fingerprint density at radius 3 is 2.88 bits per heavy atom. The van der Waals surface area contributed by atoms with Crippen LogP contribution < -0.4 is 5.32 Å². The maximum atomic E-state index is 11.5. The number of thiophene rings is 1. The van der Waals surface area contributed by atoms with Gasteiger partial charge >= 0.3 is 5.97 Å². The molecular weight excluding hydrogens is 294 g/mol. The van der Waals surface area contributed by atoms with Crippen LogP contribution >= 0.6 is 27.3 Å². The molecule has 4 nitrogen and oxygen atoms in total. The van der Waals surface area contributed by atoms with Crippen molar-refractivity contribution in [3.8, 4) is 0 Å². The van der Waals surface area contributed by atoms with Gasteiger partial charge in [-0.25, -0.2) is 4.79 Å². The minimum atomic E-state index is -0.415. The van der Waals surface area contributed by atoms with E-state index in [2.05, 4.69) is 21.2 Å². The third-order valence-corrected chi connectivity index (χ3v) is 3.00. The molecule has 6 heteroatoms. The lowest BCUT2D eigenvalue weighted by atomic mass is 10.3. The molecule has 1 N–H and O–H groups in total. The summed E-state index contributed by atoms with van der Waals surface area (Å²) in [6, 6.07) is 1.64. The van der Waals surface area contributed by atoms with Gasteiger partial charge in [-0.05, 0) is 25.3 Å². The summed E-state index contributed by atoms with van der Waals surface area (Å²) < 4.78 is 4.87. The molecule has 0 saturated heterocycles. The number of halogens is 1. The molecular formula is C10H12BrNO3S.